The van der Waals surface area contributed by atoms with Gasteiger partial charge in [-0.2, -0.15) is 0 Å². The quantitative estimate of drug-likeness (QED) is 0.562. The van der Waals surface area contributed by atoms with Crippen molar-refractivity contribution in [1.82, 2.24) is 10.2 Å². The summed E-state index contributed by atoms with van der Waals surface area (Å²) < 4.78 is 0. The Labute approximate surface area is 183 Å². The summed E-state index contributed by atoms with van der Waals surface area (Å²) in [5.74, 6) is 0.480. The minimum Gasteiger partial charge on any atom is -0.352 e. The molecule has 0 radical (unpaired) electrons. The molecular formula is C23H29ClN2O2S. The SMILES string of the molecule is Cc1ccc(CN(C(=O)CCSc2ccc(Cl)cc2)[C@H](C)C(=O)NC(C)C)cc1. The van der Waals surface area contributed by atoms with Crippen LogP contribution < -0.4 is 5.32 Å². The van der Waals surface area contributed by atoms with Crippen LogP contribution in [-0.2, 0) is 16.1 Å². The minimum absolute atomic E-state index is 0.0292. The first-order valence-corrected chi connectivity index (χ1v) is 11.2. The van der Waals surface area contributed by atoms with Crippen molar-refractivity contribution in [1.29, 1.82) is 0 Å². The molecule has 4 nitrogen and oxygen atoms in total. The number of benzene rings is 2. The number of aryl methyl sites for hydroxylation is 1. The molecule has 156 valence electrons. The third-order valence-electron chi connectivity index (χ3n) is 4.47. The zero-order chi connectivity index (χ0) is 21.4. The van der Waals surface area contributed by atoms with Gasteiger partial charge in [0.2, 0.25) is 11.8 Å². The lowest BCUT2D eigenvalue weighted by atomic mass is 10.1. The Morgan fingerprint density at radius 1 is 1.03 bits per heavy atom. The predicted octanol–water partition coefficient (Wildman–Crippen LogP) is 5.07. The van der Waals surface area contributed by atoms with Gasteiger partial charge in [0, 0.05) is 34.7 Å². The van der Waals surface area contributed by atoms with Gasteiger partial charge in [0.15, 0.2) is 0 Å². The van der Waals surface area contributed by atoms with Crippen molar-refractivity contribution < 1.29 is 9.59 Å². The molecule has 0 aromatic heterocycles. The molecule has 0 heterocycles. The number of carbonyl (C=O) groups is 2. The molecule has 0 aliphatic heterocycles. The molecule has 0 aliphatic carbocycles. The van der Waals surface area contributed by atoms with E-state index < -0.39 is 6.04 Å². The van der Waals surface area contributed by atoms with E-state index in [1.54, 1.807) is 23.6 Å². The van der Waals surface area contributed by atoms with Gasteiger partial charge in [0.1, 0.15) is 6.04 Å². The number of amides is 2. The summed E-state index contributed by atoms with van der Waals surface area (Å²) in [5.41, 5.74) is 2.18. The number of nitrogens with zero attached hydrogens (tertiary/aromatic N) is 1. The fourth-order valence-corrected chi connectivity index (χ4v) is 3.78. The maximum Gasteiger partial charge on any atom is 0.242 e. The normalized spacial score (nSPS) is 11.9. The summed E-state index contributed by atoms with van der Waals surface area (Å²) in [4.78, 5) is 28.3. The van der Waals surface area contributed by atoms with Crippen LogP contribution in [0.5, 0.6) is 0 Å². The van der Waals surface area contributed by atoms with Crippen molar-refractivity contribution in [3.63, 3.8) is 0 Å². The smallest absolute Gasteiger partial charge is 0.242 e. The molecule has 0 bridgehead atoms. The molecule has 0 saturated carbocycles. The Hall–Kier alpha value is -1.98. The Morgan fingerprint density at radius 3 is 2.24 bits per heavy atom. The van der Waals surface area contributed by atoms with E-state index in [0.29, 0.717) is 23.7 Å². The highest BCUT2D eigenvalue weighted by Gasteiger charge is 2.26. The summed E-state index contributed by atoms with van der Waals surface area (Å²) >= 11 is 7.52. The molecule has 0 spiro atoms. The predicted molar refractivity (Wildman–Crippen MR) is 121 cm³/mol. The number of rotatable bonds is 9. The average Bonchev–Trinajstić information content (AvgIpc) is 2.68. The zero-order valence-corrected chi connectivity index (χ0v) is 19.0. The fraction of sp³-hybridized carbons (Fsp3) is 0.391. The fourth-order valence-electron chi connectivity index (χ4n) is 2.81. The van der Waals surface area contributed by atoms with Gasteiger partial charge in [-0.05, 0) is 57.5 Å². The number of hydrogen-bond acceptors (Lipinski definition) is 3. The van der Waals surface area contributed by atoms with Crippen molar-refractivity contribution in [2.45, 2.75) is 57.6 Å². The highest BCUT2D eigenvalue weighted by Crippen LogP contribution is 2.22. The Morgan fingerprint density at radius 2 is 1.66 bits per heavy atom. The van der Waals surface area contributed by atoms with Crippen LogP contribution in [0.15, 0.2) is 53.4 Å². The lowest BCUT2D eigenvalue weighted by Gasteiger charge is -2.29. The molecule has 2 amide bonds. The van der Waals surface area contributed by atoms with Crippen molar-refractivity contribution >= 4 is 35.2 Å². The Bertz CT molecular complexity index is 807. The lowest BCUT2D eigenvalue weighted by molar-refractivity contribution is -0.140. The molecule has 29 heavy (non-hydrogen) atoms. The summed E-state index contributed by atoms with van der Waals surface area (Å²) in [6.07, 6.45) is 0.360. The van der Waals surface area contributed by atoms with E-state index in [0.717, 1.165) is 16.0 Å². The van der Waals surface area contributed by atoms with E-state index in [4.69, 9.17) is 11.6 Å². The van der Waals surface area contributed by atoms with Crippen LogP contribution in [0.3, 0.4) is 0 Å². The van der Waals surface area contributed by atoms with Crippen LogP contribution in [-0.4, -0.2) is 34.6 Å². The first-order chi connectivity index (χ1) is 13.8. The van der Waals surface area contributed by atoms with Gasteiger partial charge in [-0.25, -0.2) is 0 Å². The molecule has 0 fully saturated rings. The van der Waals surface area contributed by atoms with E-state index in [1.807, 2.05) is 69.3 Å². The third-order valence-corrected chi connectivity index (χ3v) is 5.74. The summed E-state index contributed by atoms with van der Waals surface area (Å²) in [7, 11) is 0. The average molecular weight is 433 g/mol. The molecule has 0 saturated heterocycles. The highest BCUT2D eigenvalue weighted by atomic mass is 35.5. The van der Waals surface area contributed by atoms with Crippen molar-refractivity contribution in [2.75, 3.05) is 5.75 Å². The second-order valence-electron chi connectivity index (χ2n) is 7.40. The van der Waals surface area contributed by atoms with E-state index in [2.05, 4.69) is 5.32 Å². The van der Waals surface area contributed by atoms with Gasteiger partial charge >= 0.3 is 0 Å². The second-order valence-corrected chi connectivity index (χ2v) is 9.00. The maximum atomic E-state index is 13.0. The number of thioether (sulfide) groups is 1. The summed E-state index contributed by atoms with van der Waals surface area (Å²) in [6.45, 7) is 8.06. The first kappa shape index (κ1) is 23.3. The third kappa shape index (κ3) is 7.75. The standard InChI is InChI=1S/C23H29ClN2O2S/c1-16(2)25-23(28)18(4)26(15-19-7-5-17(3)6-8-19)22(27)13-14-29-21-11-9-20(24)10-12-21/h5-12,16,18H,13-15H2,1-4H3,(H,25,28)/t18-/m1/s1. The maximum absolute atomic E-state index is 13.0. The molecule has 1 N–H and O–H groups in total. The van der Waals surface area contributed by atoms with Gasteiger partial charge in [-0.15, -0.1) is 11.8 Å². The number of nitrogens with one attached hydrogen (secondary N) is 1. The molecule has 0 aliphatic rings. The van der Waals surface area contributed by atoms with Crippen LogP contribution in [0.25, 0.3) is 0 Å². The molecule has 2 aromatic rings. The lowest BCUT2D eigenvalue weighted by Crippen LogP contribution is -2.49. The van der Waals surface area contributed by atoms with E-state index in [1.165, 1.54) is 0 Å². The Balaban J connectivity index is 2.05. The molecule has 1 atom stereocenters. The van der Waals surface area contributed by atoms with Crippen LogP contribution >= 0.6 is 23.4 Å². The summed E-state index contributed by atoms with van der Waals surface area (Å²) in [6, 6.07) is 15.1. The topological polar surface area (TPSA) is 49.4 Å². The van der Waals surface area contributed by atoms with Crippen LogP contribution in [0.2, 0.25) is 5.02 Å². The zero-order valence-electron chi connectivity index (χ0n) is 17.4. The number of carbonyl (C=O) groups excluding carboxylic acids is 2. The number of hydrogen-bond donors (Lipinski definition) is 1. The van der Waals surface area contributed by atoms with Crippen molar-refractivity contribution in [3.05, 3.63) is 64.7 Å². The van der Waals surface area contributed by atoms with E-state index >= 15 is 0 Å². The highest BCUT2D eigenvalue weighted by molar-refractivity contribution is 7.99. The van der Waals surface area contributed by atoms with Gasteiger partial charge in [0.25, 0.3) is 0 Å². The van der Waals surface area contributed by atoms with Crippen molar-refractivity contribution in [2.24, 2.45) is 0 Å². The number of halogens is 1. The van der Waals surface area contributed by atoms with Crippen molar-refractivity contribution in [3.8, 4) is 0 Å². The molecular weight excluding hydrogens is 404 g/mol. The second kappa shape index (κ2) is 11.3. The first-order valence-electron chi connectivity index (χ1n) is 9.80. The van der Waals surface area contributed by atoms with Crippen LogP contribution in [0.1, 0.15) is 38.3 Å². The van der Waals surface area contributed by atoms with E-state index in [9.17, 15) is 9.59 Å². The molecule has 6 heteroatoms. The summed E-state index contributed by atoms with van der Waals surface area (Å²) in [5, 5.41) is 3.60. The van der Waals surface area contributed by atoms with Gasteiger partial charge < -0.3 is 10.2 Å². The minimum atomic E-state index is -0.535. The van der Waals surface area contributed by atoms with Crippen LogP contribution in [0.4, 0.5) is 0 Å². The van der Waals surface area contributed by atoms with Gasteiger partial charge in [-0.1, -0.05) is 41.4 Å². The monoisotopic (exact) mass is 432 g/mol. The largest absolute Gasteiger partial charge is 0.352 e. The van der Waals surface area contributed by atoms with Gasteiger partial charge in [-0.3, -0.25) is 9.59 Å². The Kier molecular flexibility index (Phi) is 9.05. The molecule has 2 aromatic carbocycles. The van der Waals surface area contributed by atoms with E-state index in [-0.39, 0.29) is 17.9 Å². The van der Waals surface area contributed by atoms with Gasteiger partial charge in [0.05, 0.1) is 0 Å². The molecule has 0 unspecified atom stereocenters. The van der Waals surface area contributed by atoms with Crippen LogP contribution in [0, 0.1) is 6.92 Å². The molecule has 2 rings (SSSR count).